The molecule has 0 aliphatic carbocycles. The van der Waals surface area contributed by atoms with Crippen LogP contribution in [-0.4, -0.2) is 43.5 Å². The van der Waals surface area contributed by atoms with Gasteiger partial charge in [0, 0.05) is 13.1 Å². The van der Waals surface area contributed by atoms with Crippen LogP contribution in [0.5, 0.6) is 5.75 Å². The summed E-state index contributed by atoms with van der Waals surface area (Å²) in [6.45, 7) is -1.91. The van der Waals surface area contributed by atoms with E-state index in [1.165, 1.54) is 19.1 Å². The van der Waals surface area contributed by atoms with E-state index in [9.17, 15) is 22.0 Å². The lowest BCUT2D eigenvalue weighted by Crippen LogP contribution is -2.35. The number of nitrogens with zero attached hydrogens (tertiary/aromatic N) is 1. The number of rotatable bonds is 5. The molecule has 1 aromatic carbocycles. The maximum Gasteiger partial charge on any atom is 0.387 e. The highest BCUT2D eigenvalue weighted by molar-refractivity contribution is 7.89. The summed E-state index contributed by atoms with van der Waals surface area (Å²) in [7, 11) is -4.11. The molecule has 0 radical (unpaired) electrons. The van der Waals surface area contributed by atoms with Crippen LogP contribution < -0.4 is 4.74 Å². The predicted molar refractivity (Wildman–Crippen MR) is 72.2 cm³/mol. The summed E-state index contributed by atoms with van der Waals surface area (Å²) in [6.07, 6.45) is 0.152. The van der Waals surface area contributed by atoms with Crippen molar-refractivity contribution in [1.29, 1.82) is 0 Å². The van der Waals surface area contributed by atoms with Crippen molar-refractivity contribution in [3.8, 4) is 5.75 Å². The summed E-state index contributed by atoms with van der Waals surface area (Å²) in [5.41, 5.74) is -1.19. The summed E-state index contributed by atoms with van der Waals surface area (Å²) in [5, 5.41) is 9.15. The number of hydrogen-bond donors (Lipinski definition) is 1. The van der Waals surface area contributed by atoms with Gasteiger partial charge in [0.05, 0.1) is 5.41 Å². The quantitative estimate of drug-likeness (QED) is 0.887. The third-order valence-corrected chi connectivity index (χ3v) is 5.52. The van der Waals surface area contributed by atoms with Gasteiger partial charge in [0.1, 0.15) is 10.6 Å². The van der Waals surface area contributed by atoms with E-state index in [4.69, 9.17) is 5.11 Å². The van der Waals surface area contributed by atoms with E-state index in [1.54, 1.807) is 0 Å². The molecule has 1 N–H and O–H groups in total. The molecule has 1 heterocycles. The van der Waals surface area contributed by atoms with Gasteiger partial charge in [-0.3, -0.25) is 4.79 Å². The van der Waals surface area contributed by atoms with E-state index in [1.807, 2.05) is 0 Å². The van der Waals surface area contributed by atoms with Gasteiger partial charge in [0.2, 0.25) is 10.0 Å². The maximum absolute atomic E-state index is 12.6. The van der Waals surface area contributed by atoms with Gasteiger partial charge in [-0.15, -0.1) is 0 Å². The summed E-state index contributed by atoms with van der Waals surface area (Å²) in [6, 6.07) is 5.05. The average molecular weight is 335 g/mol. The highest BCUT2D eigenvalue weighted by Crippen LogP contribution is 2.36. The first-order valence-corrected chi connectivity index (χ1v) is 7.88. The van der Waals surface area contributed by atoms with Crippen molar-refractivity contribution in [3.05, 3.63) is 24.3 Å². The number of para-hydroxylation sites is 1. The molecule has 2 rings (SSSR count). The number of benzene rings is 1. The van der Waals surface area contributed by atoms with Crippen LogP contribution in [-0.2, 0) is 14.8 Å². The number of alkyl halides is 2. The Morgan fingerprint density at radius 1 is 1.41 bits per heavy atom. The highest BCUT2D eigenvalue weighted by Gasteiger charge is 2.45. The molecule has 1 saturated heterocycles. The zero-order chi connectivity index (χ0) is 16.5. The molecule has 0 spiro atoms. The molecule has 1 aromatic rings. The molecule has 0 aromatic heterocycles. The Kier molecular flexibility index (Phi) is 4.39. The fraction of sp³-hybridized carbons (Fsp3) is 0.462. The van der Waals surface area contributed by atoms with E-state index in [2.05, 4.69) is 4.74 Å². The Labute approximate surface area is 126 Å². The first kappa shape index (κ1) is 16.6. The van der Waals surface area contributed by atoms with Crippen molar-refractivity contribution in [1.82, 2.24) is 4.31 Å². The van der Waals surface area contributed by atoms with Crippen LogP contribution in [0.4, 0.5) is 8.78 Å². The van der Waals surface area contributed by atoms with Crippen molar-refractivity contribution in [2.45, 2.75) is 24.9 Å². The smallest absolute Gasteiger partial charge is 0.387 e. The van der Waals surface area contributed by atoms with Gasteiger partial charge in [-0.25, -0.2) is 8.42 Å². The number of ether oxygens (including phenoxy) is 1. The van der Waals surface area contributed by atoms with Crippen molar-refractivity contribution >= 4 is 16.0 Å². The highest BCUT2D eigenvalue weighted by atomic mass is 32.2. The topological polar surface area (TPSA) is 83.9 Å². The SMILES string of the molecule is CC1(C(=O)O)CCN(S(=O)(=O)c2ccccc2OC(F)F)C1. The molecule has 122 valence electrons. The largest absolute Gasteiger partial charge is 0.481 e. The molecule has 1 fully saturated rings. The van der Waals surface area contributed by atoms with Crippen molar-refractivity contribution < 1.29 is 31.8 Å². The minimum Gasteiger partial charge on any atom is -0.481 e. The van der Waals surface area contributed by atoms with Crippen LogP contribution in [0.1, 0.15) is 13.3 Å². The fourth-order valence-electron chi connectivity index (χ4n) is 2.29. The maximum atomic E-state index is 12.6. The van der Waals surface area contributed by atoms with Gasteiger partial charge in [-0.05, 0) is 25.5 Å². The van der Waals surface area contributed by atoms with E-state index in [0.717, 1.165) is 16.4 Å². The summed E-state index contributed by atoms with van der Waals surface area (Å²) in [5.74, 6) is -1.55. The lowest BCUT2D eigenvalue weighted by molar-refractivity contribution is -0.146. The minimum absolute atomic E-state index is 0.00808. The third kappa shape index (κ3) is 3.05. The normalized spacial score (nSPS) is 22.9. The molecule has 9 heteroatoms. The number of hydrogen-bond acceptors (Lipinski definition) is 4. The number of sulfonamides is 1. The Hall–Kier alpha value is -1.74. The molecular weight excluding hydrogens is 320 g/mol. The van der Waals surface area contributed by atoms with Crippen molar-refractivity contribution in [2.75, 3.05) is 13.1 Å². The Bertz CT molecular complexity index is 679. The van der Waals surface area contributed by atoms with Gasteiger partial charge in [-0.1, -0.05) is 12.1 Å². The minimum atomic E-state index is -4.11. The zero-order valence-corrected chi connectivity index (χ0v) is 12.5. The van der Waals surface area contributed by atoms with E-state index in [0.29, 0.717) is 0 Å². The summed E-state index contributed by atoms with van der Waals surface area (Å²) < 4.78 is 55.1. The lowest BCUT2D eigenvalue weighted by Gasteiger charge is -2.21. The van der Waals surface area contributed by atoms with Crippen LogP contribution in [0.15, 0.2) is 29.2 Å². The second-order valence-corrected chi connectivity index (χ2v) is 7.19. The molecule has 1 aliphatic heterocycles. The van der Waals surface area contributed by atoms with E-state index in [-0.39, 0.29) is 19.5 Å². The average Bonchev–Trinajstić information content (AvgIpc) is 2.83. The molecule has 6 nitrogen and oxygen atoms in total. The Morgan fingerprint density at radius 2 is 2.05 bits per heavy atom. The number of carboxylic acid groups (broad SMARTS) is 1. The second-order valence-electron chi connectivity index (χ2n) is 5.28. The molecular formula is C13H15F2NO5S. The molecule has 22 heavy (non-hydrogen) atoms. The molecule has 1 unspecified atom stereocenters. The van der Waals surface area contributed by atoms with Crippen LogP contribution in [0.25, 0.3) is 0 Å². The summed E-state index contributed by atoms with van der Waals surface area (Å²) in [4.78, 5) is 10.8. The van der Waals surface area contributed by atoms with Gasteiger partial charge in [0.25, 0.3) is 0 Å². The monoisotopic (exact) mass is 335 g/mol. The van der Waals surface area contributed by atoms with E-state index < -0.39 is 38.7 Å². The van der Waals surface area contributed by atoms with Gasteiger partial charge in [0.15, 0.2) is 0 Å². The molecule has 1 atom stereocenters. The van der Waals surface area contributed by atoms with Crippen molar-refractivity contribution in [3.63, 3.8) is 0 Å². The van der Waals surface area contributed by atoms with Gasteiger partial charge in [-0.2, -0.15) is 13.1 Å². The summed E-state index contributed by atoms with van der Waals surface area (Å²) >= 11 is 0. The number of aliphatic carboxylic acids is 1. The van der Waals surface area contributed by atoms with Gasteiger partial charge >= 0.3 is 12.6 Å². The van der Waals surface area contributed by atoms with Crippen molar-refractivity contribution in [2.24, 2.45) is 5.41 Å². The first-order valence-electron chi connectivity index (χ1n) is 6.44. The fourth-order valence-corrected chi connectivity index (χ4v) is 3.98. The molecule has 0 amide bonds. The number of carboxylic acids is 1. The van der Waals surface area contributed by atoms with Gasteiger partial charge < -0.3 is 9.84 Å². The number of carbonyl (C=O) groups is 1. The molecule has 0 saturated carbocycles. The molecule has 0 bridgehead atoms. The van der Waals surface area contributed by atoms with Crippen LogP contribution >= 0.6 is 0 Å². The van der Waals surface area contributed by atoms with Crippen LogP contribution in [0.3, 0.4) is 0 Å². The van der Waals surface area contributed by atoms with Crippen LogP contribution in [0.2, 0.25) is 0 Å². The Morgan fingerprint density at radius 3 is 2.59 bits per heavy atom. The second kappa shape index (κ2) is 5.81. The Balaban J connectivity index is 2.35. The zero-order valence-electron chi connectivity index (χ0n) is 11.7. The molecule has 1 aliphatic rings. The van der Waals surface area contributed by atoms with E-state index >= 15 is 0 Å². The first-order chi connectivity index (χ1) is 10.2. The lowest BCUT2D eigenvalue weighted by atomic mass is 9.90. The predicted octanol–water partition coefficient (Wildman–Crippen LogP) is 1.77. The standard InChI is InChI=1S/C13H15F2NO5S/c1-13(11(17)18)6-7-16(8-13)22(19,20)10-5-3-2-4-9(10)21-12(14)15/h2-5,12H,6-8H2,1H3,(H,17,18). The third-order valence-electron chi connectivity index (χ3n) is 3.64. The number of halogens is 2. The van der Waals surface area contributed by atoms with Crippen LogP contribution in [0, 0.1) is 5.41 Å².